The van der Waals surface area contributed by atoms with Gasteiger partial charge in [0.2, 0.25) is 11.8 Å². The van der Waals surface area contributed by atoms with Crippen LogP contribution >= 0.6 is 0 Å². The Balaban J connectivity index is 3.50. The van der Waals surface area contributed by atoms with Crippen molar-refractivity contribution in [1.82, 2.24) is 10.6 Å². The van der Waals surface area contributed by atoms with Crippen molar-refractivity contribution >= 4 is 11.8 Å². The standard InChI is InChI=1S/C13H26N2O3/c1-10(9-16)11(2)15-13(18)7-5-4-6-8-14-12(3)17/h10-11,16H,4-9H2,1-3H3,(H,14,17)(H,15,18). The lowest BCUT2D eigenvalue weighted by Gasteiger charge is -2.19. The molecule has 5 heteroatoms. The predicted molar refractivity (Wildman–Crippen MR) is 71.0 cm³/mol. The number of nitrogens with one attached hydrogen (secondary N) is 2. The topological polar surface area (TPSA) is 78.4 Å². The minimum atomic E-state index is -0.0143. The van der Waals surface area contributed by atoms with Gasteiger partial charge in [-0.1, -0.05) is 13.3 Å². The summed E-state index contributed by atoms with van der Waals surface area (Å²) in [5.74, 6) is 0.0932. The van der Waals surface area contributed by atoms with Crippen LogP contribution < -0.4 is 10.6 Å². The van der Waals surface area contributed by atoms with E-state index in [9.17, 15) is 9.59 Å². The molecule has 0 bridgehead atoms. The molecular formula is C13H26N2O3. The number of carbonyl (C=O) groups excluding carboxylic acids is 2. The van der Waals surface area contributed by atoms with Gasteiger partial charge in [0.25, 0.3) is 0 Å². The van der Waals surface area contributed by atoms with Crippen LogP contribution in [0.1, 0.15) is 46.5 Å². The molecule has 0 rings (SSSR count). The van der Waals surface area contributed by atoms with E-state index in [-0.39, 0.29) is 30.4 Å². The van der Waals surface area contributed by atoms with Gasteiger partial charge in [-0.25, -0.2) is 0 Å². The average Bonchev–Trinajstić information content (AvgIpc) is 2.31. The average molecular weight is 258 g/mol. The molecule has 0 aromatic carbocycles. The molecule has 2 amide bonds. The van der Waals surface area contributed by atoms with E-state index in [1.165, 1.54) is 6.92 Å². The maximum Gasteiger partial charge on any atom is 0.220 e. The Hall–Kier alpha value is -1.10. The molecule has 0 aromatic rings. The molecule has 18 heavy (non-hydrogen) atoms. The minimum absolute atomic E-state index is 0.00174. The highest BCUT2D eigenvalue weighted by Gasteiger charge is 2.13. The Labute approximate surface area is 109 Å². The summed E-state index contributed by atoms with van der Waals surface area (Å²) in [6.07, 6.45) is 3.15. The molecule has 2 unspecified atom stereocenters. The molecule has 0 aliphatic heterocycles. The zero-order chi connectivity index (χ0) is 14.0. The number of rotatable bonds is 9. The van der Waals surface area contributed by atoms with Gasteiger partial charge >= 0.3 is 0 Å². The number of carbonyl (C=O) groups is 2. The first-order valence-electron chi connectivity index (χ1n) is 6.62. The van der Waals surface area contributed by atoms with Crippen molar-refractivity contribution in [2.45, 2.75) is 52.5 Å². The zero-order valence-corrected chi connectivity index (χ0v) is 11.7. The number of unbranched alkanes of at least 4 members (excludes halogenated alkanes) is 2. The normalized spacial score (nSPS) is 13.8. The lowest BCUT2D eigenvalue weighted by Crippen LogP contribution is -2.38. The third-order valence-electron chi connectivity index (χ3n) is 2.98. The maximum absolute atomic E-state index is 11.6. The van der Waals surface area contributed by atoms with Crippen LogP contribution in [0.3, 0.4) is 0 Å². The minimum Gasteiger partial charge on any atom is -0.396 e. The van der Waals surface area contributed by atoms with E-state index in [1.807, 2.05) is 13.8 Å². The Bertz CT molecular complexity index is 257. The summed E-state index contributed by atoms with van der Waals surface area (Å²) in [6, 6.07) is 0.00174. The second-order valence-electron chi connectivity index (χ2n) is 4.81. The van der Waals surface area contributed by atoms with Crippen molar-refractivity contribution in [1.29, 1.82) is 0 Å². The molecule has 0 saturated carbocycles. The van der Waals surface area contributed by atoms with Crippen LogP contribution in [-0.4, -0.2) is 36.1 Å². The highest BCUT2D eigenvalue weighted by atomic mass is 16.3. The Kier molecular flexibility index (Phi) is 9.28. The van der Waals surface area contributed by atoms with E-state index < -0.39 is 0 Å². The van der Waals surface area contributed by atoms with Gasteiger partial charge in [0, 0.05) is 32.5 Å². The SMILES string of the molecule is CC(=O)NCCCCCC(=O)NC(C)C(C)CO. The van der Waals surface area contributed by atoms with E-state index in [0.717, 1.165) is 19.3 Å². The zero-order valence-electron chi connectivity index (χ0n) is 11.7. The number of aliphatic hydroxyl groups is 1. The van der Waals surface area contributed by atoms with Gasteiger partial charge in [0.15, 0.2) is 0 Å². The molecule has 106 valence electrons. The van der Waals surface area contributed by atoms with Crippen LogP contribution in [0.2, 0.25) is 0 Å². The Morgan fingerprint density at radius 1 is 1.17 bits per heavy atom. The molecule has 0 aliphatic rings. The largest absolute Gasteiger partial charge is 0.396 e. The molecule has 0 heterocycles. The predicted octanol–water partition coefficient (Wildman–Crippen LogP) is 0.816. The van der Waals surface area contributed by atoms with Crippen LogP contribution in [0.4, 0.5) is 0 Å². The van der Waals surface area contributed by atoms with Gasteiger partial charge in [-0.2, -0.15) is 0 Å². The fourth-order valence-electron chi connectivity index (χ4n) is 1.48. The smallest absolute Gasteiger partial charge is 0.220 e. The summed E-state index contributed by atoms with van der Waals surface area (Å²) in [6.45, 7) is 6.05. The molecular weight excluding hydrogens is 232 g/mol. The molecule has 2 atom stereocenters. The number of aliphatic hydroxyl groups excluding tert-OH is 1. The van der Waals surface area contributed by atoms with E-state index in [2.05, 4.69) is 10.6 Å². The fraction of sp³-hybridized carbons (Fsp3) is 0.846. The molecule has 0 fully saturated rings. The number of hydrogen-bond acceptors (Lipinski definition) is 3. The fourth-order valence-corrected chi connectivity index (χ4v) is 1.48. The van der Waals surface area contributed by atoms with E-state index in [1.54, 1.807) is 0 Å². The van der Waals surface area contributed by atoms with E-state index in [4.69, 9.17) is 5.11 Å². The lowest BCUT2D eigenvalue weighted by molar-refractivity contribution is -0.122. The van der Waals surface area contributed by atoms with E-state index in [0.29, 0.717) is 13.0 Å². The Morgan fingerprint density at radius 3 is 2.39 bits per heavy atom. The second-order valence-corrected chi connectivity index (χ2v) is 4.81. The summed E-state index contributed by atoms with van der Waals surface area (Å²) in [5, 5.41) is 14.5. The highest BCUT2D eigenvalue weighted by Crippen LogP contribution is 2.03. The molecule has 5 nitrogen and oxygen atoms in total. The monoisotopic (exact) mass is 258 g/mol. The molecule has 0 radical (unpaired) electrons. The first-order chi connectivity index (χ1) is 8.47. The van der Waals surface area contributed by atoms with Gasteiger partial charge in [0.1, 0.15) is 0 Å². The van der Waals surface area contributed by atoms with Crippen LogP contribution in [0.5, 0.6) is 0 Å². The van der Waals surface area contributed by atoms with Crippen LogP contribution in [0.15, 0.2) is 0 Å². The quantitative estimate of drug-likeness (QED) is 0.536. The molecule has 0 saturated heterocycles. The molecule has 3 N–H and O–H groups in total. The van der Waals surface area contributed by atoms with E-state index >= 15 is 0 Å². The summed E-state index contributed by atoms with van der Waals surface area (Å²) in [5.41, 5.74) is 0. The summed E-state index contributed by atoms with van der Waals surface area (Å²) in [4.78, 5) is 22.2. The van der Waals surface area contributed by atoms with Gasteiger partial charge < -0.3 is 15.7 Å². The first-order valence-corrected chi connectivity index (χ1v) is 6.62. The summed E-state index contributed by atoms with van der Waals surface area (Å²) >= 11 is 0. The Morgan fingerprint density at radius 2 is 1.83 bits per heavy atom. The van der Waals surface area contributed by atoms with Crippen molar-refractivity contribution in [3.8, 4) is 0 Å². The van der Waals surface area contributed by atoms with Crippen LogP contribution in [0.25, 0.3) is 0 Å². The third kappa shape index (κ3) is 8.98. The lowest BCUT2D eigenvalue weighted by atomic mass is 10.0. The number of hydrogen-bond donors (Lipinski definition) is 3. The van der Waals surface area contributed by atoms with Crippen molar-refractivity contribution in [3.05, 3.63) is 0 Å². The van der Waals surface area contributed by atoms with Crippen molar-refractivity contribution in [2.24, 2.45) is 5.92 Å². The first kappa shape index (κ1) is 16.9. The van der Waals surface area contributed by atoms with Crippen LogP contribution in [0, 0.1) is 5.92 Å². The van der Waals surface area contributed by atoms with Gasteiger partial charge in [0.05, 0.1) is 0 Å². The third-order valence-corrected chi connectivity index (χ3v) is 2.98. The summed E-state index contributed by atoms with van der Waals surface area (Å²) < 4.78 is 0. The van der Waals surface area contributed by atoms with Gasteiger partial charge in [-0.05, 0) is 25.7 Å². The molecule has 0 aromatic heterocycles. The van der Waals surface area contributed by atoms with Crippen molar-refractivity contribution in [2.75, 3.05) is 13.2 Å². The van der Waals surface area contributed by atoms with Gasteiger partial charge in [-0.15, -0.1) is 0 Å². The molecule has 0 spiro atoms. The maximum atomic E-state index is 11.6. The van der Waals surface area contributed by atoms with Gasteiger partial charge in [-0.3, -0.25) is 9.59 Å². The summed E-state index contributed by atoms with van der Waals surface area (Å²) in [7, 11) is 0. The van der Waals surface area contributed by atoms with Crippen molar-refractivity contribution < 1.29 is 14.7 Å². The number of amides is 2. The second kappa shape index (κ2) is 9.88. The molecule has 0 aliphatic carbocycles. The highest BCUT2D eigenvalue weighted by molar-refractivity contribution is 5.76. The van der Waals surface area contributed by atoms with Crippen LogP contribution in [-0.2, 0) is 9.59 Å². The van der Waals surface area contributed by atoms with Crippen molar-refractivity contribution in [3.63, 3.8) is 0 Å².